The van der Waals surface area contributed by atoms with Crippen LogP contribution in [0.3, 0.4) is 0 Å². The second-order valence-corrected chi connectivity index (χ2v) is 8.93. The van der Waals surface area contributed by atoms with Gasteiger partial charge < -0.3 is 9.88 Å². The van der Waals surface area contributed by atoms with Crippen molar-refractivity contribution in [1.29, 1.82) is 0 Å². The molecule has 6 nitrogen and oxygen atoms in total. The Morgan fingerprint density at radius 1 is 1.30 bits per heavy atom. The zero-order chi connectivity index (χ0) is 16.8. The Morgan fingerprint density at radius 2 is 1.91 bits per heavy atom. The van der Waals surface area contributed by atoms with Gasteiger partial charge in [0.1, 0.15) is 5.56 Å². The van der Waals surface area contributed by atoms with Gasteiger partial charge in [-0.15, -0.1) is 0 Å². The third-order valence-corrected chi connectivity index (χ3v) is 6.76. The molecule has 23 heavy (non-hydrogen) atoms. The number of aromatic amines is 1. The number of sulfone groups is 1. The van der Waals surface area contributed by atoms with Crippen LogP contribution in [0.1, 0.15) is 49.9 Å². The second-order valence-electron chi connectivity index (χ2n) is 6.66. The first-order valence-corrected chi connectivity index (χ1v) is 9.77. The number of amides is 1. The van der Waals surface area contributed by atoms with Crippen molar-refractivity contribution < 1.29 is 13.2 Å². The molecule has 3 heterocycles. The first-order chi connectivity index (χ1) is 10.8. The molecular weight excluding hydrogens is 316 g/mol. The largest absolute Gasteiger partial charge is 0.332 e. The number of hydrogen-bond donors (Lipinski definition) is 1. The summed E-state index contributed by atoms with van der Waals surface area (Å²) >= 11 is 0. The number of H-pyrrole nitrogens is 1. The number of nitrogens with one attached hydrogen (secondary N) is 1. The first kappa shape index (κ1) is 16.2. The van der Waals surface area contributed by atoms with Gasteiger partial charge in [-0.05, 0) is 37.7 Å². The summed E-state index contributed by atoms with van der Waals surface area (Å²) in [5.74, 6) is 0.180. The summed E-state index contributed by atoms with van der Waals surface area (Å²) in [6, 6.07) is 1.57. The molecule has 1 aromatic rings. The highest BCUT2D eigenvalue weighted by Gasteiger charge is 2.42. The fraction of sp³-hybridized carbons (Fsp3) is 0.625. The van der Waals surface area contributed by atoms with Crippen LogP contribution in [-0.4, -0.2) is 42.0 Å². The zero-order valence-corrected chi connectivity index (χ0v) is 14.2. The monoisotopic (exact) mass is 338 g/mol. The summed E-state index contributed by atoms with van der Waals surface area (Å²) in [6.07, 6.45) is 5.00. The molecule has 1 aromatic heterocycles. The van der Waals surface area contributed by atoms with Crippen LogP contribution >= 0.6 is 0 Å². The smallest absolute Gasteiger partial charge is 0.260 e. The van der Waals surface area contributed by atoms with Crippen LogP contribution in [0.5, 0.6) is 0 Å². The molecule has 3 rings (SSSR count). The van der Waals surface area contributed by atoms with E-state index in [9.17, 15) is 18.0 Å². The van der Waals surface area contributed by atoms with Gasteiger partial charge in [-0.1, -0.05) is 13.8 Å². The molecular formula is C16H22N2O4S. The Morgan fingerprint density at radius 3 is 2.48 bits per heavy atom. The van der Waals surface area contributed by atoms with E-state index >= 15 is 0 Å². The molecule has 0 spiro atoms. The molecule has 0 aliphatic carbocycles. The van der Waals surface area contributed by atoms with Gasteiger partial charge >= 0.3 is 0 Å². The molecule has 126 valence electrons. The third-order valence-electron chi connectivity index (χ3n) is 5.05. The van der Waals surface area contributed by atoms with Crippen molar-refractivity contribution in [1.82, 2.24) is 9.88 Å². The highest BCUT2D eigenvalue weighted by molar-refractivity contribution is 7.91. The average Bonchev–Trinajstić information content (AvgIpc) is 2.78. The third kappa shape index (κ3) is 2.82. The lowest BCUT2D eigenvalue weighted by Crippen LogP contribution is -2.47. The molecule has 1 amide bonds. The molecule has 7 heteroatoms. The van der Waals surface area contributed by atoms with Gasteiger partial charge in [0, 0.05) is 18.3 Å². The summed E-state index contributed by atoms with van der Waals surface area (Å²) in [4.78, 5) is 29.2. The van der Waals surface area contributed by atoms with Gasteiger partial charge in [0.15, 0.2) is 9.84 Å². The van der Waals surface area contributed by atoms with Gasteiger partial charge in [-0.3, -0.25) is 9.59 Å². The molecule has 2 aliphatic heterocycles. The van der Waals surface area contributed by atoms with E-state index in [4.69, 9.17) is 0 Å². The fourth-order valence-electron chi connectivity index (χ4n) is 3.89. The van der Waals surface area contributed by atoms with E-state index in [2.05, 4.69) is 11.9 Å². The number of carbonyl (C=O) groups excluding carboxylic acids is 1. The lowest BCUT2D eigenvalue weighted by atomic mass is 9.92. The zero-order valence-electron chi connectivity index (χ0n) is 13.4. The maximum atomic E-state index is 12.9. The summed E-state index contributed by atoms with van der Waals surface area (Å²) in [7, 11) is -3.46. The number of piperidine rings is 1. The number of pyridine rings is 1. The normalized spacial score (nSPS) is 27.2. The topological polar surface area (TPSA) is 87.3 Å². The van der Waals surface area contributed by atoms with Crippen molar-refractivity contribution in [2.45, 2.75) is 56.5 Å². The second kappa shape index (κ2) is 5.78. The van der Waals surface area contributed by atoms with E-state index < -0.39 is 15.4 Å². The number of hydrogen-bond acceptors (Lipinski definition) is 4. The molecule has 2 saturated heterocycles. The Labute approximate surface area is 135 Å². The van der Waals surface area contributed by atoms with Crippen LogP contribution in [0.2, 0.25) is 0 Å². The van der Waals surface area contributed by atoms with Crippen LogP contribution in [-0.2, 0) is 9.84 Å². The molecule has 0 aromatic carbocycles. The van der Waals surface area contributed by atoms with E-state index in [0.29, 0.717) is 5.92 Å². The highest BCUT2D eigenvalue weighted by atomic mass is 32.2. The summed E-state index contributed by atoms with van der Waals surface area (Å²) < 4.78 is 24.0. The van der Waals surface area contributed by atoms with Crippen molar-refractivity contribution in [3.05, 3.63) is 28.2 Å². The predicted molar refractivity (Wildman–Crippen MR) is 86.2 cm³/mol. The van der Waals surface area contributed by atoms with Crippen molar-refractivity contribution in [3.63, 3.8) is 0 Å². The molecule has 2 fully saturated rings. The molecule has 0 saturated carbocycles. The van der Waals surface area contributed by atoms with E-state index in [1.54, 1.807) is 0 Å². The lowest BCUT2D eigenvalue weighted by molar-refractivity contribution is 0.0536. The molecule has 0 radical (unpaired) electrons. The standard InChI is InChI=1S/C16H22N2O4S/c1-3-23(21,22)13-8-14(15(19)17-9-13)16(20)18-11-4-5-12(18)7-10(2)6-11/h8-12H,3-7H2,1-2H3,(H,17,19). The lowest BCUT2D eigenvalue weighted by Gasteiger charge is -2.37. The number of rotatable bonds is 3. The van der Waals surface area contributed by atoms with Crippen molar-refractivity contribution in [2.24, 2.45) is 5.92 Å². The van der Waals surface area contributed by atoms with Gasteiger partial charge in [-0.2, -0.15) is 0 Å². The number of aromatic nitrogens is 1. The summed E-state index contributed by atoms with van der Waals surface area (Å²) in [5.41, 5.74) is -0.589. The van der Waals surface area contributed by atoms with E-state index in [1.807, 2.05) is 4.90 Å². The van der Waals surface area contributed by atoms with Crippen LogP contribution in [0, 0.1) is 5.92 Å². The molecule has 1 N–H and O–H groups in total. The molecule has 2 atom stereocenters. The molecule has 2 unspecified atom stereocenters. The minimum absolute atomic E-state index is 0.000624. The Hall–Kier alpha value is -1.63. The minimum atomic E-state index is -3.46. The van der Waals surface area contributed by atoms with Crippen LogP contribution in [0.4, 0.5) is 0 Å². The fourth-order valence-corrected chi connectivity index (χ4v) is 4.76. The van der Waals surface area contributed by atoms with Crippen LogP contribution in [0.25, 0.3) is 0 Å². The number of carbonyl (C=O) groups is 1. The van der Waals surface area contributed by atoms with Crippen molar-refractivity contribution in [2.75, 3.05) is 5.75 Å². The maximum absolute atomic E-state index is 12.9. The van der Waals surface area contributed by atoms with Gasteiger partial charge in [-0.25, -0.2) is 8.42 Å². The van der Waals surface area contributed by atoms with Crippen LogP contribution in [0.15, 0.2) is 22.0 Å². The van der Waals surface area contributed by atoms with E-state index in [1.165, 1.54) is 19.2 Å². The van der Waals surface area contributed by atoms with E-state index in [0.717, 1.165) is 25.7 Å². The highest BCUT2D eigenvalue weighted by Crippen LogP contribution is 2.39. The van der Waals surface area contributed by atoms with Gasteiger partial charge in [0.2, 0.25) is 0 Å². The Bertz CT molecular complexity index is 770. The maximum Gasteiger partial charge on any atom is 0.260 e. The first-order valence-electron chi connectivity index (χ1n) is 8.11. The number of fused-ring (bicyclic) bond motifs is 2. The molecule has 2 aliphatic rings. The predicted octanol–water partition coefficient (Wildman–Crippen LogP) is 1.57. The van der Waals surface area contributed by atoms with Crippen molar-refractivity contribution in [3.8, 4) is 0 Å². The molecule has 2 bridgehead atoms. The summed E-state index contributed by atoms with van der Waals surface area (Å²) in [5, 5.41) is 0. The van der Waals surface area contributed by atoms with Crippen molar-refractivity contribution >= 4 is 15.7 Å². The van der Waals surface area contributed by atoms with Gasteiger partial charge in [0.05, 0.1) is 10.6 Å². The van der Waals surface area contributed by atoms with Crippen LogP contribution < -0.4 is 5.56 Å². The quantitative estimate of drug-likeness (QED) is 0.906. The SMILES string of the molecule is CCS(=O)(=O)c1c[nH]c(=O)c(C(=O)N2C3CCC2CC(C)C3)c1. The average molecular weight is 338 g/mol. The summed E-state index contributed by atoms with van der Waals surface area (Å²) in [6.45, 7) is 3.72. The van der Waals surface area contributed by atoms with Gasteiger partial charge in [0.25, 0.3) is 11.5 Å². The van der Waals surface area contributed by atoms with E-state index in [-0.39, 0.29) is 34.2 Å². The number of nitrogens with zero attached hydrogens (tertiary/aromatic N) is 1. The Kier molecular flexibility index (Phi) is 4.08. The Balaban J connectivity index is 1.97. The minimum Gasteiger partial charge on any atom is -0.332 e.